The molecule has 0 fully saturated rings. The molecule has 0 bridgehead atoms. The summed E-state index contributed by atoms with van der Waals surface area (Å²) < 4.78 is 11.9. The fourth-order valence-corrected chi connectivity index (χ4v) is 3.38. The maximum absolute atomic E-state index is 12.2. The Morgan fingerprint density at radius 3 is 2.96 bits per heavy atom. The van der Waals surface area contributed by atoms with Crippen LogP contribution in [0.1, 0.15) is 23.7 Å². The fraction of sp³-hybridized carbons (Fsp3) is 0.211. The van der Waals surface area contributed by atoms with Gasteiger partial charge in [0.25, 0.3) is 5.56 Å². The smallest absolute Gasteiger partial charge is 0.306 e. The van der Waals surface area contributed by atoms with E-state index in [-0.39, 0.29) is 25.0 Å². The third kappa shape index (κ3) is 3.84. The minimum atomic E-state index is -0.429. The van der Waals surface area contributed by atoms with E-state index < -0.39 is 5.97 Å². The average molecular weight is 396 g/mol. The Balaban J connectivity index is 1.35. The van der Waals surface area contributed by atoms with E-state index in [4.69, 9.17) is 9.26 Å². The summed E-state index contributed by atoms with van der Waals surface area (Å²) in [6.07, 6.45) is 0.377. The quantitative estimate of drug-likeness (QED) is 0.462. The molecule has 0 aromatic carbocycles. The van der Waals surface area contributed by atoms with Gasteiger partial charge in [0.05, 0.1) is 17.0 Å². The first-order valence-electron chi connectivity index (χ1n) is 8.60. The largest absolute Gasteiger partial charge is 0.459 e. The number of carbonyl (C=O) groups excluding carboxylic acids is 1. The van der Waals surface area contributed by atoms with Crippen LogP contribution in [0, 0.1) is 6.92 Å². The van der Waals surface area contributed by atoms with Crippen LogP contribution >= 0.6 is 11.3 Å². The Morgan fingerprint density at radius 1 is 1.25 bits per heavy atom. The van der Waals surface area contributed by atoms with Gasteiger partial charge in [0.2, 0.25) is 11.7 Å². The van der Waals surface area contributed by atoms with E-state index >= 15 is 0 Å². The Morgan fingerprint density at radius 2 is 2.14 bits per heavy atom. The highest BCUT2D eigenvalue weighted by atomic mass is 32.1. The Kier molecular flexibility index (Phi) is 4.98. The second-order valence-corrected chi connectivity index (χ2v) is 7.04. The number of aryl methyl sites for hydroxylation is 2. The zero-order chi connectivity index (χ0) is 19.5. The molecule has 0 saturated carbocycles. The summed E-state index contributed by atoms with van der Waals surface area (Å²) in [5.74, 6) is 0.453. The predicted molar refractivity (Wildman–Crippen MR) is 102 cm³/mol. The highest BCUT2D eigenvalue weighted by molar-refractivity contribution is 7.13. The molecule has 4 rings (SSSR count). The van der Waals surface area contributed by atoms with E-state index in [0.29, 0.717) is 23.1 Å². The average Bonchev–Trinajstić information content (AvgIpc) is 3.36. The summed E-state index contributed by atoms with van der Waals surface area (Å²) in [5.41, 5.74) is 1.51. The number of hydrogen-bond acceptors (Lipinski definition) is 8. The van der Waals surface area contributed by atoms with Crippen LogP contribution in [-0.2, 0) is 22.6 Å². The summed E-state index contributed by atoms with van der Waals surface area (Å²) in [6, 6.07) is 10.6. The maximum Gasteiger partial charge on any atom is 0.306 e. The number of aromatic nitrogens is 4. The van der Waals surface area contributed by atoms with Crippen LogP contribution < -0.4 is 5.56 Å². The molecule has 0 spiro atoms. The fourth-order valence-electron chi connectivity index (χ4n) is 2.74. The molecule has 0 unspecified atom stereocenters. The summed E-state index contributed by atoms with van der Waals surface area (Å²) in [6.45, 7) is 1.76. The SMILES string of the molecule is Cc1cccc2nc(COC(=O)CCc3nc(-c4cccs4)no3)cc(=O)n12. The lowest BCUT2D eigenvalue weighted by molar-refractivity contribution is -0.145. The number of hydrogen-bond donors (Lipinski definition) is 0. The minimum Gasteiger partial charge on any atom is -0.459 e. The van der Waals surface area contributed by atoms with Crippen molar-refractivity contribution in [2.24, 2.45) is 0 Å². The van der Waals surface area contributed by atoms with Gasteiger partial charge in [-0.15, -0.1) is 11.3 Å². The lowest BCUT2D eigenvalue weighted by Gasteiger charge is -2.07. The monoisotopic (exact) mass is 396 g/mol. The highest BCUT2D eigenvalue weighted by Gasteiger charge is 2.13. The van der Waals surface area contributed by atoms with Gasteiger partial charge >= 0.3 is 5.97 Å². The zero-order valence-electron chi connectivity index (χ0n) is 15.0. The molecule has 0 N–H and O–H groups in total. The van der Waals surface area contributed by atoms with Crippen molar-refractivity contribution in [3.05, 3.63) is 69.4 Å². The number of esters is 1. The van der Waals surface area contributed by atoms with Gasteiger partial charge in [-0.3, -0.25) is 14.0 Å². The Hall–Kier alpha value is -3.33. The van der Waals surface area contributed by atoms with Crippen LogP contribution in [0.4, 0.5) is 0 Å². The molecular weight excluding hydrogens is 380 g/mol. The van der Waals surface area contributed by atoms with Gasteiger partial charge in [0.15, 0.2) is 0 Å². The van der Waals surface area contributed by atoms with Crippen molar-refractivity contribution >= 4 is 23.0 Å². The van der Waals surface area contributed by atoms with Crippen molar-refractivity contribution in [3.8, 4) is 10.7 Å². The minimum absolute atomic E-state index is 0.0667. The van der Waals surface area contributed by atoms with E-state index in [2.05, 4.69) is 15.1 Å². The molecule has 9 heteroatoms. The highest BCUT2D eigenvalue weighted by Crippen LogP contribution is 2.21. The molecule has 4 aromatic rings. The number of nitrogens with zero attached hydrogens (tertiary/aromatic N) is 4. The first-order chi connectivity index (χ1) is 13.6. The van der Waals surface area contributed by atoms with Crippen LogP contribution in [0.15, 0.2) is 51.1 Å². The first kappa shape index (κ1) is 18.1. The lowest BCUT2D eigenvalue weighted by Crippen LogP contribution is -2.18. The van der Waals surface area contributed by atoms with Gasteiger partial charge in [-0.1, -0.05) is 17.3 Å². The van der Waals surface area contributed by atoms with Crippen molar-refractivity contribution in [1.29, 1.82) is 0 Å². The van der Waals surface area contributed by atoms with E-state index in [1.807, 2.05) is 36.6 Å². The molecule has 142 valence electrons. The van der Waals surface area contributed by atoms with Crippen LogP contribution in [-0.4, -0.2) is 25.5 Å². The van der Waals surface area contributed by atoms with E-state index in [1.54, 1.807) is 6.07 Å². The van der Waals surface area contributed by atoms with Gasteiger partial charge in [-0.2, -0.15) is 4.98 Å². The maximum atomic E-state index is 12.2. The Labute approximate surface area is 163 Å². The van der Waals surface area contributed by atoms with Gasteiger partial charge in [-0.25, -0.2) is 4.98 Å². The normalized spacial score (nSPS) is 11.0. The number of rotatable bonds is 6. The van der Waals surface area contributed by atoms with Gasteiger partial charge < -0.3 is 9.26 Å². The summed E-state index contributed by atoms with van der Waals surface area (Å²) in [4.78, 5) is 33.8. The van der Waals surface area contributed by atoms with E-state index in [1.165, 1.54) is 21.8 Å². The molecule has 4 aromatic heterocycles. The second-order valence-electron chi connectivity index (χ2n) is 6.10. The van der Waals surface area contributed by atoms with Gasteiger partial charge in [-0.05, 0) is 30.5 Å². The number of fused-ring (bicyclic) bond motifs is 1. The molecule has 0 aliphatic heterocycles. The van der Waals surface area contributed by atoms with Crippen molar-refractivity contribution in [3.63, 3.8) is 0 Å². The van der Waals surface area contributed by atoms with Crippen LogP contribution in [0.2, 0.25) is 0 Å². The molecule has 4 heterocycles. The lowest BCUT2D eigenvalue weighted by atomic mass is 10.3. The molecule has 0 saturated heterocycles. The van der Waals surface area contributed by atoms with Crippen molar-refractivity contribution in [2.75, 3.05) is 0 Å². The molecule has 0 amide bonds. The van der Waals surface area contributed by atoms with Crippen LogP contribution in [0.5, 0.6) is 0 Å². The summed E-state index contributed by atoms with van der Waals surface area (Å²) >= 11 is 1.51. The predicted octanol–water partition coefficient (Wildman–Crippen LogP) is 2.79. The van der Waals surface area contributed by atoms with Crippen molar-refractivity contribution in [1.82, 2.24) is 19.5 Å². The number of pyridine rings is 1. The second kappa shape index (κ2) is 7.73. The first-order valence-corrected chi connectivity index (χ1v) is 9.48. The third-order valence-corrected chi connectivity index (χ3v) is 4.93. The molecule has 0 aliphatic carbocycles. The zero-order valence-corrected chi connectivity index (χ0v) is 15.8. The molecule has 0 atom stereocenters. The molecule has 8 nitrogen and oxygen atoms in total. The number of thiophene rings is 1. The molecular formula is C19H16N4O4S. The number of ether oxygens (including phenoxy) is 1. The van der Waals surface area contributed by atoms with E-state index in [9.17, 15) is 9.59 Å². The third-order valence-electron chi connectivity index (χ3n) is 4.07. The van der Waals surface area contributed by atoms with Crippen LogP contribution in [0.3, 0.4) is 0 Å². The number of carbonyl (C=O) groups is 1. The van der Waals surface area contributed by atoms with Gasteiger partial charge in [0, 0.05) is 18.2 Å². The molecule has 0 radical (unpaired) electrons. The molecule has 28 heavy (non-hydrogen) atoms. The molecule has 0 aliphatic rings. The van der Waals surface area contributed by atoms with Crippen molar-refractivity contribution < 1.29 is 14.1 Å². The summed E-state index contributed by atoms with van der Waals surface area (Å²) in [7, 11) is 0. The van der Waals surface area contributed by atoms with E-state index in [0.717, 1.165) is 10.6 Å². The topological polar surface area (TPSA) is 99.6 Å². The Bertz CT molecular complexity index is 1180. The van der Waals surface area contributed by atoms with Crippen molar-refractivity contribution in [2.45, 2.75) is 26.4 Å². The summed E-state index contributed by atoms with van der Waals surface area (Å²) in [5, 5.41) is 5.83. The van der Waals surface area contributed by atoms with Crippen LogP contribution in [0.25, 0.3) is 16.3 Å². The standard InChI is InChI=1S/C19H16N4O4S/c1-12-4-2-6-15-20-13(10-17(24)23(12)15)11-26-18(25)8-7-16-21-19(22-27-16)14-5-3-9-28-14/h2-6,9-10H,7-8,11H2,1H3. The van der Waals surface area contributed by atoms with Gasteiger partial charge in [0.1, 0.15) is 12.3 Å².